The number of amides is 1. The van der Waals surface area contributed by atoms with E-state index in [0.29, 0.717) is 24.6 Å². The van der Waals surface area contributed by atoms with Crippen LogP contribution in [0.4, 0.5) is 5.69 Å². The number of ether oxygens (including phenoxy) is 1. The van der Waals surface area contributed by atoms with Crippen LogP contribution in [-0.2, 0) is 9.53 Å². The van der Waals surface area contributed by atoms with Gasteiger partial charge in [-0.25, -0.2) is 4.98 Å². The number of nitrogens with two attached hydrogens (primary N) is 1. The first-order valence-electron chi connectivity index (χ1n) is 6.32. The summed E-state index contributed by atoms with van der Waals surface area (Å²) >= 11 is 1.37. The molecule has 0 aliphatic heterocycles. The van der Waals surface area contributed by atoms with Gasteiger partial charge in [0.05, 0.1) is 16.8 Å². The molecular weight excluding hydrogens is 276 g/mol. The van der Waals surface area contributed by atoms with Crippen LogP contribution in [0.1, 0.15) is 6.42 Å². The summed E-state index contributed by atoms with van der Waals surface area (Å²) < 4.78 is 4.91. The van der Waals surface area contributed by atoms with Crippen LogP contribution in [0.3, 0.4) is 0 Å². The van der Waals surface area contributed by atoms with Crippen LogP contribution in [0.15, 0.2) is 23.4 Å². The van der Waals surface area contributed by atoms with Crippen LogP contribution in [0, 0.1) is 0 Å². The Balaban J connectivity index is 1.81. The van der Waals surface area contributed by atoms with Gasteiger partial charge in [-0.15, -0.1) is 0 Å². The van der Waals surface area contributed by atoms with Crippen molar-refractivity contribution in [3.8, 4) is 0 Å². The molecule has 0 fully saturated rings. The first-order valence-corrected chi connectivity index (χ1v) is 7.31. The molecule has 0 saturated heterocycles. The average Bonchev–Trinajstić information content (AvgIpc) is 2.83. The molecule has 1 amide bonds. The third kappa shape index (κ3) is 4.14. The fraction of sp³-hybridized carbons (Fsp3) is 0.385. The van der Waals surface area contributed by atoms with Crippen molar-refractivity contribution in [2.75, 3.05) is 31.7 Å². The van der Waals surface area contributed by atoms with Crippen molar-refractivity contribution in [3.05, 3.63) is 18.2 Å². The highest BCUT2D eigenvalue weighted by Crippen LogP contribution is 2.20. The molecule has 2 rings (SSSR count). The van der Waals surface area contributed by atoms with E-state index in [1.807, 2.05) is 12.1 Å². The van der Waals surface area contributed by atoms with E-state index in [2.05, 4.69) is 15.3 Å². The molecule has 4 N–H and O–H groups in total. The second-order valence-corrected chi connectivity index (χ2v) is 5.27. The van der Waals surface area contributed by atoms with Gasteiger partial charge in [0.1, 0.15) is 0 Å². The maximum atomic E-state index is 11.6. The number of aromatic nitrogens is 2. The monoisotopic (exact) mass is 294 g/mol. The van der Waals surface area contributed by atoms with Gasteiger partial charge in [-0.2, -0.15) is 0 Å². The number of hydrogen-bond donors (Lipinski definition) is 3. The zero-order valence-corrected chi connectivity index (χ0v) is 12.1. The molecule has 1 aromatic heterocycles. The first-order chi connectivity index (χ1) is 9.69. The van der Waals surface area contributed by atoms with Gasteiger partial charge in [0.2, 0.25) is 5.91 Å². The number of carbonyl (C=O) groups excluding carboxylic acids is 1. The molecule has 0 saturated carbocycles. The van der Waals surface area contributed by atoms with Gasteiger partial charge in [0, 0.05) is 25.9 Å². The standard InChI is InChI=1S/C13H18N4O2S/c1-19-6-2-5-15-12(18)8-20-13-16-10-4-3-9(14)7-11(10)17-13/h3-4,7H,2,5-6,8,14H2,1H3,(H,15,18)(H,16,17). The van der Waals surface area contributed by atoms with Crippen LogP contribution in [0.2, 0.25) is 0 Å². The van der Waals surface area contributed by atoms with E-state index in [-0.39, 0.29) is 5.91 Å². The number of thioether (sulfide) groups is 1. The molecule has 1 aromatic carbocycles. The normalized spacial score (nSPS) is 10.8. The molecule has 0 bridgehead atoms. The number of rotatable bonds is 7. The Hall–Kier alpha value is -1.73. The predicted octanol–water partition coefficient (Wildman–Crippen LogP) is 1.39. The summed E-state index contributed by atoms with van der Waals surface area (Å²) in [7, 11) is 1.64. The van der Waals surface area contributed by atoms with Crippen molar-refractivity contribution in [1.82, 2.24) is 15.3 Å². The second kappa shape index (κ2) is 7.16. The summed E-state index contributed by atoms with van der Waals surface area (Å²) in [4.78, 5) is 19.1. The van der Waals surface area contributed by atoms with Gasteiger partial charge in [-0.1, -0.05) is 11.8 Å². The number of H-pyrrole nitrogens is 1. The minimum Gasteiger partial charge on any atom is -0.399 e. The van der Waals surface area contributed by atoms with E-state index in [1.165, 1.54) is 11.8 Å². The summed E-state index contributed by atoms with van der Waals surface area (Å²) in [6.07, 6.45) is 0.816. The van der Waals surface area contributed by atoms with Gasteiger partial charge >= 0.3 is 0 Å². The Kier molecular flexibility index (Phi) is 5.25. The quantitative estimate of drug-likeness (QED) is 0.408. The Morgan fingerprint density at radius 2 is 2.40 bits per heavy atom. The van der Waals surface area contributed by atoms with Crippen molar-refractivity contribution in [2.24, 2.45) is 0 Å². The Labute approximate surface area is 121 Å². The molecule has 2 aromatic rings. The number of methoxy groups -OCH3 is 1. The summed E-state index contributed by atoms with van der Waals surface area (Å²) in [6, 6.07) is 5.49. The average molecular weight is 294 g/mol. The highest BCUT2D eigenvalue weighted by Gasteiger charge is 2.06. The number of hydrogen-bond acceptors (Lipinski definition) is 5. The van der Waals surface area contributed by atoms with Crippen LogP contribution < -0.4 is 11.1 Å². The zero-order chi connectivity index (χ0) is 14.4. The second-order valence-electron chi connectivity index (χ2n) is 4.30. The van der Waals surface area contributed by atoms with Gasteiger partial charge in [0.25, 0.3) is 0 Å². The van der Waals surface area contributed by atoms with Gasteiger partial charge in [-0.3, -0.25) is 4.79 Å². The number of fused-ring (bicyclic) bond motifs is 1. The van der Waals surface area contributed by atoms with Crippen LogP contribution in [0.5, 0.6) is 0 Å². The maximum absolute atomic E-state index is 11.6. The zero-order valence-electron chi connectivity index (χ0n) is 11.3. The number of nitrogen functional groups attached to an aromatic ring is 1. The molecule has 0 atom stereocenters. The molecular formula is C13H18N4O2S. The Morgan fingerprint density at radius 1 is 1.55 bits per heavy atom. The smallest absolute Gasteiger partial charge is 0.230 e. The molecule has 108 valence electrons. The lowest BCUT2D eigenvalue weighted by Gasteiger charge is -2.03. The van der Waals surface area contributed by atoms with E-state index in [1.54, 1.807) is 13.2 Å². The molecule has 6 nitrogen and oxygen atoms in total. The largest absolute Gasteiger partial charge is 0.399 e. The van der Waals surface area contributed by atoms with Crippen molar-refractivity contribution >= 4 is 34.4 Å². The summed E-state index contributed by atoms with van der Waals surface area (Å²) in [6.45, 7) is 1.28. The van der Waals surface area contributed by atoms with E-state index in [0.717, 1.165) is 22.6 Å². The number of aromatic amines is 1. The van der Waals surface area contributed by atoms with Gasteiger partial charge in [-0.05, 0) is 24.6 Å². The lowest BCUT2D eigenvalue weighted by Crippen LogP contribution is -2.26. The lowest BCUT2D eigenvalue weighted by atomic mass is 10.3. The highest BCUT2D eigenvalue weighted by atomic mass is 32.2. The first kappa shape index (κ1) is 14.7. The highest BCUT2D eigenvalue weighted by molar-refractivity contribution is 7.99. The summed E-state index contributed by atoms with van der Waals surface area (Å²) in [5.41, 5.74) is 8.13. The molecule has 0 spiro atoms. The number of imidazole rings is 1. The number of anilines is 1. The molecule has 0 radical (unpaired) electrons. The SMILES string of the molecule is COCCCNC(=O)CSc1nc2ccc(N)cc2[nH]1. The van der Waals surface area contributed by atoms with Crippen molar-refractivity contribution in [2.45, 2.75) is 11.6 Å². The predicted molar refractivity (Wildman–Crippen MR) is 80.7 cm³/mol. The van der Waals surface area contributed by atoms with Crippen LogP contribution in [0.25, 0.3) is 11.0 Å². The molecule has 7 heteroatoms. The molecule has 1 heterocycles. The van der Waals surface area contributed by atoms with E-state index < -0.39 is 0 Å². The lowest BCUT2D eigenvalue weighted by molar-refractivity contribution is -0.118. The number of nitrogens with zero attached hydrogens (tertiary/aromatic N) is 1. The van der Waals surface area contributed by atoms with E-state index in [4.69, 9.17) is 10.5 Å². The van der Waals surface area contributed by atoms with Crippen LogP contribution in [-0.4, -0.2) is 41.9 Å². The molecule has 0 unspecified atom stereocenters. The van der Waals surface area contributed by atoms with E-state index >= 15 is 0 Å². The minimum atomic E-state index is -0.00827. The fourth-order valence-electron chi connectivity index (χ4n) is 1.70. The third-order valence-electron chi connectivity index (χ3n) is 2.67. The van der Waals surface area contributed by atoms with E-state index in [9.17, 15) is 4.79 Å². The fourth-order valence-corrected chi connectivity index (χ4v) is 2.42. The number of benzene rings is 1. The van der Waals surface area contributed by atoms with Crippen molar-refractivity contribution in [3.63, 3.8) is 0 Å². The summed E-state index contributed by atoms with van der Waals surface area (Å²) in [5.74, 6) is 0.327. The van der Waals surface area contributed by atoms with Crippen LogP contribution >= 0.6 is 11.8 Å². The Bertz CT molecular complexity index is 585. The molecule has 0 aliphatic rings. The Morgan fingerprint density at radius 3 is 3.20 bits per heavy atom. The maximum Gasteiger partial charge on any atom is 0.230 e. The third-order valence-corrected chi connectivity index (χ3v) is 3.54. The molecule has 20 heavy (non-hydrogen) atoms. The summed E-state index contributed by atoms with van der Waals surface area (Å²) in [5, 5.41) is 3.55. The van der Waals surface area contributed by atoms with Gasteiger partial charge < -0.3 is 20.8 Å². The van der Waals surface area contributed by atoms with Crippen molar-refractivity contribution < 1.29 is 9.53 Å². The number of carbonyl (C=O) groups is 1. The topological polar surface area (TPSA) is 93.0 Å². The van der Waals surface area contributed by atoms with Gasteiger partial charge in [0.15, 0.2) is 5.16 Å². The number of nitrogens with one attached hydrogen (secondary N) is 2. The molecule has 0 aliphatic carbocycles. The minimum absolute atomic E-state index is 0.00827. The van der Waals surface area contributed by atoms with Crippen molar-refractivity contribution in [1.29, 1.82) is 0 Å².